The number of amides is 1. The zero-order valence-corrected chi connectivity index (χ0v) is 13.0. The number of thioether (sulfide) groups is 1. The Morgan fingerprint density at radius 2 is 2.39 bits per heavy atom. The van der Waals surface area contributed by atoms with Crippen molar-refractivity contribution >= 4 is 39.3 Å². The van der Waals surface area contributed by atoms with Gasteiger partial charge in [-0.05, 0) is 25.2 Å². The first-order chi connectivity index (χ1) is 8.61. The third-order valence-electron chi connectivity index (χ3n) is 2.87. The Hall–Kier alpha value is -0.520. The Labute approximate surface area is 120 Å². The van der Waals surface area contributed by atoms with Crippen molar-refractivity contribution in [2.24, 2.45) is 0 Å². The van der Waals surface area contributed by atoms with Crippen molar-refractivity contribution in [2.45, 2.75) is 23.5 Å². The summed E-state index contributed by atoms with van der Waals surface area (Å²) in [6.07, 6.45) is 0.545. The summed E-state index contributed by atoms with van der Waals surface area (Å²) in [7, 11) is 1.87. The number of rotatable bonds is 3. The molecule has 3 nitrogen and oxygen atoms in total. The SMILES string of the molecule is CNCCC(=O)N1CC(C)Sc2cc(Br)ccc21. The van der Waals surface area contributed by atoms with Crippen LogP contribution in [0.25, 0.3) is 0 Å². The number of fused-ring (bicyclic) bond motifs is 1. The highest BCUT2D eigenvalue weighted by Gasteiger charge is 2.26. The van der Waals surface area contributed by atoms with Crippen LogP contribution in [0, 0.1) is 0 Å². The quantitative estimate of drug-likeness (QED) is 0.925. The molecule has 0 radical (unpaired) electrons. The van der Waals surface area contributed by atoms with Gasteiger partial charge in [-0.15, -0.1) is 11.8 Å². The molecule has 1 aromatic rings. The van der Waals surface area contributed by atoms with E-state index in [0.717, 1.165) is 23.2 Å². The third kappa shape index (κ3) is 3.08. The Morgan fingerprint density at radius 3 is 3.11 bits per heavy atom. The van der Waals surface area contributed by atoms with Gasteiger partial charge in [0.15, 0.2) is 0 Å². The normalized spacial score (nSPS) is 18.6. The minimum absolute atomic E-state index is 0.195. The maximum atomic E-state index is 12.2. The molecule has 0 spiro atoms. The second-order valence-corrected chi connectivity index (χ2v) is 6.79. The fraction of sp³-hybridized carbons (Fsp3) is 0.462. The lowest BCUT2D eigenvalue weighted by molar-refractivity contribution is -0.118. The number of hydrogen-bond acceptors (Lipinski definition) is 3. The fourth-order valence-electron chi connectivity index (χ4n) is 2.02. The number of nitrogens with zero attached hydrogens (tertiary/aromatic N) is 1. The van der Waals surface area contributed by atoms with Gasteiger partial charge in [-0.2, -0.15) is 0 Å². The Morgan fingerprint density at radius 1 is 1.61 bits per heavy atom. The molecule has 5 heteroatoms. The Kier molecular flexibility index (Phi) is 4.70. The van der Waals surface area contributed by atoms with Crippen molar-refractivity contribution < 1.29 is 4.79 Å². The van der Waals surface area contributed by atoms with Gasteiger partial charge in [-0.25, -0.2) is 0 Å². The van der Waals surface area contributed by atoms with Crippen molar-refractivity contribution in [2.75, 3.05) is 25.0 Å². The minimum Gasteiger partial charge on any atom is -0.319 e. The van der Waals surface area contributed by atoms with Crippen LogP contribution in [-0.2, 0) is 4.79 Å². The molecule has 2 rings (SSSR count). The molecule has 1 amide bonds. The van der Waals surface area contributed by atoms with E-state index in [0.29, 0.717) is 11.7 Å². The van der Waals surface area contributed by atoms with E-state index in [4.69, 9.17) is 0 Å². The summed E-state index contributed by atoms with van der Waals surface area (Å²) in [5, 5.41) is 3.46. The molecule has 1 heterocycles. The molecule has 1 aromatic carbocycles. The molecule has 98 valence electrons. The summed E-state index contributed by atoms with van der Waals surface area (Å²) in [5.74, 6) is 0.195. The third-order valence-corrected chi connectivity index (χ3v) is 4.50. The summed E-state index contributed by atoms with van der Waals surface area (Å²) in [5.41, 5.74) is 1.04. The first-order valence-electron chi connectivity index (χ1n) is 6.03. The van der Waals surface area contributed by atoms with Crippen LogP contribution >= 0.6 is 27.7 Å². The van der Waals surface area contributed by atoms with Crippen LogP contribution in [0.1, 0.15) is 13.3 Å². The van der Waals surface area contributed by atoms with Gasteiger partial charge < -0.3 is 10.2 Å². The van der Waals surface area contributed by atoms with E-state index in [2.05, 4.69) is 34.2 Å². The number of nitrogens with one attached hydrogen (secondary N) is 1. The predicted octanol–water partition coefficient (Wildman–Crippen LogP) is 2.89. The van der Waals surface area contributed by atoms with E-state index < -0.39 is 0 Å². The molecule has 1 N–H and O–H groups in total. The smallest absolute Gasteiger partial charge is 0.228 e. The lowest BCUT2D eigenvalue weighted by Gasteiger charge is -2.32. The Balaban J connectivity index is 2.25. The van der Waals surface area contributed by atoms with Gasteiger partial charge in [0.2, 0.25) is 5.91 Å². The van der Waals surface area contributed by atoms with Gasteiger partial charge in [0.25, 0.3) is 0 Å². The number of anilines is 1. The molecule has 0 saturated heterocycles. The maximum Gasteiger partial charge on any atom is 0.228 e. The summed E-state index contributed by atoms with van der Waals surface area (Å²) in [4.78, 5) is 15.3. The summed E-state index contributed by atoms with van der Waals surface area (Å²) >= 11 is 5.31. The van der Waals surface area contributed by atoms with Crippen LogP contribution in [0.15, 0.2) is 27.6 Å². The molecule has 18 heavy (non-hydrogen) atoms. The van der Waals surface area contributed by atoms with Crippen molar-refractivity contribution in [3.8, 4) is 0 Å². The zero-order valence-electron chi connectivity index (χ0n) is 10.6. The zero-order chi connectivity index (χ0) is 13.1. The van der Waals surface area contributed by atoms with E-state index in [1.54, 1.807) is 0 Å². The topological polar surface area (TPSA) is 32.3 Å². The average molecular weight is 329 g/mol. The van der Waals surface area contributed by atoms with E-state index in [1.807, 2.05) is 35.8 Å². The van der Waals surface area contributed by atoms with Gasteiger partial charge in [0.1, 0.15) is 0 Å². The Bertz CT molecular complexity index is 453. The van der Waals surface area contributed by atoms with E-state index in [-0.39, 0.29) is 5.91 Å². The first-order valence-corrected chi connectivity index (χ1v) is 7.70. The molecule has 0 aliphatic carbocycles. The van der Waals surface area contributed by atoms with Crippen LogP contribution in [0.4, 0.5) is 5.69 Å². The van der Waals surface area contributed by atoms with Gasteiger partial charge in [-0.1, -0.05) is 22.9 Å². The van der Waals surface area contributed by atoms with E-state index in [1.165, 1.54) is 4.90 Å². The molecule has 0 aromatic heterocycles. The van der Waals surface area contributed by atoms with Gasteiger partial charge in [0.05, 0.1) is 5.69 Å². The molecule has 0 saturated carbocycles. The van der Waals surface area contributed by atoms with E-state index >= 15 is 0 Å². The number of hydrogen-bond donors (Lipinski definition) is 1. The molecule has 1 atom stereocenters. The molecule has 0 bridgehead atoms. The van der Waals surface area contributed by atoms with Crippen molar-refractivity contribution in [1.82, 2.24) is 5.32 Å². The molecule has 1 aliphatic rings. The monoisotopic (exact) mass is 328 g/mol. The molecular weight excluding hydrogens is 312 g/mol. The lowest BCUT2D eigenvalue weighted by atomic mass is 10.2. The number of carbonyl (C=O) groups is 1. The highest BCUT2D eigenvalue weighted by Crippen LogP contribution is 2.40. The van der Waals surface area contributed by atoms with Crippen molar-refractivity contribution in [3.63, 3.8) is 0 Å². The van der Waals surface area contributed by atoms with Gasteiger partial charge in [-0.3, -0.25) is 4.79 Å². The average Bonchev–Trinajstić information content (AvgIpc) is 2.34. The molecule has 1 aliphatic heterocycles. The van der Waals surface area contributed by atoms with Crippen molar-refractivity contribution in [1.29, 1.82) is 0 Å². The van der Waals surface area contributed by atoms with E-state index in [9.17, 15) is 4.79 Å². The lowest BCUT2D eigenvalue weighted by Crippen LogP contribution is -2.39. The summed E-state index contributed by atoms with van der Waals surface area (Å²) in [6, 6.07) is 6.11. The van der Waals surface area contributed by atoms with Crippen LogP contribution in [0.5, 0.6) is 0 Å². The standard InChI is InChI=1S/C13H17BrN2OS/c1-9-8-16(13(17)5-6-15-2)11-4-3-10(14)7-12(11)18-9/h3-4,7,9,15H,5-6,8H2,1-2H3. The van der Waals surface area contributed by atoms with Crippen LogP contribution < -0.4 is 10.2 Å². The van der Waals surface area contributed by atoms with Crippen LogP contribution in [0.3, 0.4) is 0 Å². The van der Waals surface area contributed by atoms with Crippen molar-refractivity contribution in [3.05, 3.63) is 22.7 Å². The first kappa shape index (κ1) is 13.9. The van der Waals surface area contributed by atoms with Gasteiger partial charge >= 0.3 is 0 Å². The number of carbonyl (C=O) groups excluding carboxylic acids is 1. The second kappa shape index (κ2) is 6.08. The predicted molar refractivity (Wildman–Crippen MR) is 80.4 cm³/mol. The highest BCUT2D eigenvalue weighted by atomic mass is 79.9. The molecule has 0 fully saturated rings. The fourth-order valence-corrected chi connectivity index (χ4v) is 3.68. The molecule has 1 unspecified atom stereocenters. The summed E-state index contributed by atoms with van der Waals surface area (Å²) in [6.45, 7) is 3.68. The number of halogens is 1. The highest BCUT2D eigenvalue weighted by molar-refractivity contribution is 9.10. The second-order valence-electron chi connectivity index (χ2n) is 4.40. The molecular formula is C13H17BrN2OS. The largest absolute Gasteiger partial charge is 0.319 e. The summed E-state index contributed by atoms with van der Waals surface area (Å²) < 4.78 is 1.06. The maximum absolute atomic E-state index is 12.2. The van der Waals surface area contributed by atoms with Crippen LogP contribution in [-0.4, -0.2) is 31.3 Å². The van der Waals surface area contributed by atoms with Gasteiger partial charge in [0, 0.05) is 34.1 Å². The number of benzene rings is 1. The minimum atomic E-state index is 0.195. The van der Waals surface area contributed by atoms with Crippen LogP contribution in [0.2, 0.25) is 0 Å².